The second-order valence-electron chi connectivity index (χ2n) is 5.61. The van der Waals surface area contributed by atoms with E-state index in [1.54, 1.807) is 36.9 Å². The molecule has 25 heavy (non-hydrogen) atoms. The first-order chi connectivity index (χ1) is 12.2. The summed E-state index contributed by atoms with van der Waals surface area (Å²) in [5.41, 5.74) is 1.76. The summed E-state index contributed by atoms with van der Waals surface area (Å²) in [6.07, 6.45) is 2.70. The molecule has 0 radical (unpaired) electrons. The number of benzene rings is 1. The SMILES string of the molecule is CC(O)c1ccc(-c2ccc3ncnc(NCc4nccs4)c3c2)o1. The van der Waals surface area contributed by atoms with Crippen LogP contribution in [-0.2, 0) is 6.54 Å². The Morgan fingerprint density at radius 1 is 1.20 bits per heavy atom. The number of fused-ring (bicyclic) bond motifs is 1. The Bertz CT molecular complexity index is 995. The highest BCUT2D eigenvalue weighted by Crippen LogP contribution is 2.29. The van der Waals surface area contributed by atoms with E-state index in [1.807, 2.05) is 29.6 Å². The summed E-state index contributed by atoms with van der Waals surface area (Å²) in [7, 11) is 0. The molecule has 0 amide bonds. The van der Waals surface area contributed by atoms with Crippen LogP contribution in [0.15, 0.2) is 52.7 Å². The number of nitrogens with one attached hydrogen (secondary N) is 1. The minimum Gasteiger partial charge on any atom is -0.458 e. The van der Waals surface area contributed by atoms with Crippen LogP contribution >= 0.6 is 11.3 Å². The zero-order valence-corrected chi connectivity index (χ0v) is 14.3. The number of hydrogen-bond donors (Lipinski definition) is 2. The van der Waals surface area contributed by atoms with Crippen molar-refractivity contribution in [1.29, 1.82) is 0 Å². The molecule has 6 nitrogen and oxygen atoms in total. The van der Waals surface area contributed by atoms with Gasteiger partial charge in [-0.2, -0.15) is 0 Å². The van der Waals surface area contributed by atoms with E-state index in [0.717, 1.165) is 27.3 Å². The largest absolute Gasteiger partial charge is 0.458 e. The summed E-state index contributed by atoms with van der Waals surface area (Å²) in [4.78, 5) is 12.9. The van der Waals surface area contributed by atoms with Gasteiger partial charge in [-0.3, -0.25) is 0 Å². The van der Waals surface area contributed by atoms with Crippen molar-refractivity contribution >= 4 is 28.1 Å². The van der Waals surface area contributed by atoms with E-state index in [1.165, 1.54) is 0 Å². The van der Waals surface area contributed by atoms with Crippen LogP contribution in [0.25, 0.3) is 22.2 Å². The Labute approximate surface area is 148 Å². The predicted molar refractivity (Wildman–Crippen MR) is 97.3 cm³/mol. The molecule has 0 aliphatic heterocycles. The molecule has 3 aromatic heterocycles. The van der Waals surface area contributed by atoms with Crippen LogP contribution in [0.4, 0.5) is 5.82 Å². The van der Waals surface area contributed by atoms with Crippen molar-refractivity contribution in [3.63, 3.8) is 0 Å². The maximum Gasteiger partial charge on any atom is 0.137 e. The van der Waals surface area contributed by atoms with Crippen molar-refractivity contribution in [2.24, 2.45) is 0 Å². The lowest BCUT2D eigenvalue weighted by Gasteiger charge is -2.08. The highest BCUT2D eigenvalue weighted by Gasteiger charge is 2.11. The topological polar surface area (TPSA) is 84.1 Å². The molecule has 0 aliphatic rings. The zero-order valence-electron chi connectivity index (χ0n) is 13.5. The van der Waals surface area contributed by atoms with Crippen LogP contribution in [0.1, 0.15) is 23.8 Å². The number of thiazole rings is 1. The summed E-state index contributed by atoms with van der Waals surface area (Å²) in [5, 5.41) is 16.8. The standard InChI is InChI=1S/C18H16N4O2S/c1-11(23)15-4-5-16(24-15)12-2-3-14-13(8-12)18(22-10-21-14)20-9-17-19-6-7-25-17/h2-8,10-11,23H,9H2,1H3,(H,20,21,22). The second-order valence-corrected chi connectivity index (χ2v) is 6.59. The molecule has 0 aliphatic carbocycles. The Kier molecular flexibility index (Phi) is 4.17. The van der Waals surface area contributed by atoms with E-state index in [-0.39, 0.29) is 0 Å². The summed E-state index contributed by atoms with van der Waals surface area (Å²) < 4.78 is 5.72. The molecule has 2 N–H and O–H groups in total. The molecular weight excluding hydrogens is 336 g/mol. The molecule has 3 heterocycles. The number of hydrogen-bond acceptors (Lipinski definition) is 7. The van der Waals surface area contributed by atoms with E-state index in [2.05, 4.69) is 20.3 Å². The van der Waals surface area contributed by atoms with Gasteiger partial charge in [-0.1, -0.05) is 0 Å². The third-order valence-electron chi connectivity index (χ3n) is 3.85. The number of rotatable bonds is 5. The number of nitrogens with zero attached hydrogens (tertiary/aromatic N) is 3. The monoisotopic (exact) mass is 352 g/mol. The highest BCUT2D eigenvalue weighted by molar-refractivity contribution is 7.09. The Hall–Kier alpha value is -2.77. The number of anilines is 1. The average Bonchev–Trinajstić information content (AvgIpc) is 3.31. The first-order valence-corrected chi connectivity index (χ1v) is 8.74. The third-order valence-corrected chi connectivity index (χ3v) is 4.63. The van der Waals surface area contributed by atoms with Gasteiger partial charge in [0.05, 0.1) is 12.1 Å². The summed E-state index contributed by atoms with van der Waals surface area (Å²) in [5.74, 6) is 2.00. The van der Waals surface area contributed by atoms with Gasteiger partial charge in [0, 0.05) is 22.5 Å². The van der Waals surface area contributed by atoms with E-state index in [9.17, 15) is 5.11 Å². The Balaban J connectivity index is 1.69. The van der Waals surface area contributed by atoms with Gasteiger partial charge >= 0.3 is 0 Å². The predicted octanol–water partition coefficient (Wildman–Crippen LogP) is 4.01. The molecule has 1 aromatic carbocycles. The molecule has 4 aromatic rings. The lowest BCUT2D eigenvalue weighted by molar-refractivity contribution is 0.170. The summed E-state index contributed by atoms with van der Waals surface area (Å²) >= 11 is 1.60. The lowest BCUT2D eigenvalue weighted by atomic mass is 10.1. The second kappa shape index (κ2) is 6.62. The molecule has 0 spiro atoms. The quantitative estimate of drug-likeness (QED) is 0.564. The van der Waals surface area contributed by atoms with Crippen LogP contribution in [0, 0.1) is 0 Å². The highest BCUT2D eigenvalue weighted by atomic mass is 32.1. The smallest absolute Gasteiger partial charge is 0.137 e. The lowest BCUT2D eigenvalue weighted by Crippen LogP contribution is -2.02. The maximum absolute atomic E-state index is 9.63. The molecule has 126 valence electrons. The zero-order chi connectivity index (χ0) is 17.2. The number of furan rings is 1. The van der Waals surface area contributed by atoms with E-state index >= 15 is 0 Å². The number of aliphatic hydroxyl groups is 1. The van der Waals surface area contributed by atoms with Gasteiger partial charge in [-0.05, 0) is 37.3 Å². The van der Waals surface area contributed by atoms with E-state index in [0.29, 0.717) is 18.1 Å². The fraction of sp³-hybridized carbons (Fsp3) is 0.167. The molecule has 0 fully saturated rings. The summed E-state index contributed by atoms with van der Waals surface area (Å²) in [6.45, 7) is 2.29. The van der Waals surface area contributed by atoms with Crippen LogP contribution in [-0.4, -0.2) is 20.1 Å². The first kappa shape index (κ1) is 15.7. The van der Waals surface area contributed by atoms with Crippen molar-refractivity contribution in [2.45, 2.75) is 19.6 Å². The molecule has 7 heteroatoms. The Morgan fingerprint density at radius 2 is 2.12 bits per heavy atom. The molecular formula is C18H16N4O2S. The maximum atomic E-state index is 9.63. The number of aliphatic hydroxyl groups excluding tert-OH is 1. The molecule has 1 atom stereocenters. The number of aromatic nitrogens is 3. The molecule has 1 unspecified atom stereocenters. The minimum atomic E-state index is -0.631. The van der Waals surface area contributed by atoms with E-state index < -0.39 is 6.10 Å². The molecule has 0 bridgehead atoms. The Morgan fingerprint density at radius 3 is 2.88 bits per heavy atom. The van der Waals surface area contributed by atoms with Gasteiger partial charge in [-0.25, -0.2) is 15.0 Å². The fourth-order valence-electron chi connectivity index (χ4n) is 2.58. The first-order valence-electron chi connectivity index (χ1n) is 7.86. The van der Waals surface area contributed by atoms with Crippen LogP contribution in [0.3, 0.4) is 0 Å². The van der Waals surface area contributed by atoms with Gasteiger partial charge in [0.2, 0.25) is 0 Å². The van der Waals surface area contributed by atoms with Gasteiger partial charge < -0.3 is 14.8 Å². The summed E-state index contributed by atoms with van der Waals surface area (Å²) in [6, 6.07) is 9.52. The molecule has 4 rings (SSSR count). The van der Waals surface area contributed by atoms with Gasteiger partial charge in [0.25, 0.3) is 0 Å². The van der Waals surface area contributed by atoms with Crippen molar-refractivity contribution in [2.75, 3.05) is 5.32 Å². The van der Waals surface area contributed by atoms with Crippen LogP contribution in [0.5, 0.6) is 0 Å². The van der Waals surface area contributed by atoms with E-state index in [4.69, 9.17) is 4.42 Å². The fourth-order valence-corrected chi connectivity index (χ4v) is 3.14. The van der Waals surface area contributed by atoms with Crippen LogP contribution in [0.2, 0.25) is 0 Å². The molecule has 0 saturated carbocycles. The van der Waals surface area contributed by atoms with Crippen molar-refractivity contribution in [3.8, 4) is 11.3 Å². The van der Waals surface area contributed by atoms with Crippen molar-refractivity contribution in [1.82, 2.24) is 15.0 Å². The third kappa shape index (κ3) is 3.24. The normalized spacial score (nSPS) is 12.4. The van der Waals surface area contributed by atoms with Gasteiger partial charge in [0.15, 0.2) is 0 Å². The minimum absolute atomic E-state index is 0.543. The van der Waals surface area contributed by atoms with Gasteiger partial charge in [-0.15, -0.1) is 11.3 Å². The molecule has 0 saturated heterocycles. The van der Waals surface area contributed by atoms with Crippen molar-refractivity contribution < 1.29 is 9.52 Å². The average molecular weight is 352 g/mol. The van der Waals surface area contributed by atoms with Crippen molar-refractivity contribution in [3.05, 3.63) is 59.0 Å². The van der Waals surface area contributed by atoms with Gasteiger partial charge in [0.1, 0.15) is 34.8 Å². The van der Waals surface area contributed by atoms with Crippen LogP contribution < -0.4 is 5.32 Å².